The molecule has 0 aliphatic heterocycles. The maximum Gasteiger partial charge on any atom is 0.320 e. The van der Waals surface area contributed by atoms with Crippen molar-refractivity contribution < 1.29 is 9.90 Å². The third-order valence-electron chi connectivity index (χ3n) is 3.23. The van der Waals surface area contributed by atoms with Gasteiger partial charge in [0, 0.05) is 12.6 Å². The van der Waals surface area contributed by atoms with E-state index in [1.54, 1.807) is 0 Å². The summed E-state index contributed by atoms with van der Waals surface area (Å²) in [6, 6.07) is 0.0698. The topological polar surface area (TPSA) is 52.6 Å². The van der Waals surface area contributed by atoms with Crippen LogP contribution < -0.4 is 5.32 Å². The third kappa shape index (κ3) is 7.67. The van der Waals surface area contributed by atoms with E-state index in [2.05, 4.69) is 31.0 Å². The predicted molar refractivity (Wildman–Crippen MR) is 76.0 cm³/mol. The highest BCUT2D eigenvalue weighted by atomic mass is 16.4. The molecule has 0 rings (SSSR count). The quantitative estimate of drug-likeness (QED) is 0.559. The molecule has 0 saturated heterocycles. The molecule has 0 aliphatic rings. The van der Waals surface area contributed by atoms with Crippen LogP contribution in [0, 0.1) is 0 Å². The van der Waals surface area contributed by atoms with Crippen molar-refractivity contribution in [3.63, 3.8) is 0 Å². The Morgan fingerprint density at radius 1 is 1.22 bits per heavy atom. The number of hydrogen-bond donors (Lipinski definition) is 2. The van der Waals surface area contributed by atoms with Gasteiger partial charge in [-0.25, -0.2) is 0 Å². The Morgan fingerprint density at radius 3 is 2.33 bits per heavy atom. The van der Waals surface area contributed by atoms with Crippen molar-refractivity contribution in [1.82, 2.24) is 10.2 Å². The average molecular weight is 258 g/mol. The number of hydrogen-bond acceptors (Lipinski definition) is 3. The highest BCUT2D eigenvalue weighted by Gasteiger charge is 2.18. The van der Waals surface area contributed by atoms with Crippen LogP contribution in [0.15, 0.2) is 0 Å². The van der Waals surface area contributed by atoms with Gasteiger partial charge in [-0.05, 0) is 39.8 Å². The van der Waals surface area contributed by atoms with Crippen LogP contribution in [-0.4, -0.2) is 47.7 Å². The summed E-state index contributed by atoms with van der Waals surface area (Å²) in [7, 11) is 0. The lowest BCUT2D eigenvalue weighted by atomic mass is 10.1. The zero-order valence-electron chi connectivity index (χ0n) is 12.4. The van der Waals surface area contributed by atoms with Gasteiger partial charge in [-0.15, -0.1) is 0 Å². The molecule has 18 heavy (non-hydrogen) atoms. The van der Waals surface area contributed by atoms with Crippen LogP contribution in [0.4, 0.5) is 0 Å². The van der Waals surface area contributed by atoms with Gasteiger partial charge in [-0.2, -0.15) is 0 Å². The first-order valence-corrected chi connectivity index (χ1v) is 7.23. The van der Waals surface area contributed by atoms with E-state index in [-0.39, 0.29) is 0 Å². The van der Waals surface area contributed by atoms with E-state index in [0.29, 0.717) is 19.0 Å². The van der Waals surface area contributed by atoms with Gasteiger partial charge in [0.25, 0.3) is 0 Å². The minimum absolute atomic E-state index is 0.414. The first kappa shape index (κ1) is 17.4. The Labute approximate surface area is 112 Å². The fourth-order valence-electron chi connectivity index (χ4n) is 2.05. The van der Waals surface area contributed by atoms with E-state index >= 15 is 0 Å². The number of aliphatic carboxylic acids is 1. The lowest BCUT2D eigenvalue weighted by Crippen LogP contribution is -2.41. The van der Waals surface area contributed by atoms with Gasteiger partial charge in [0.2, 0.25) is 0 Å². The molecule has 0 amide bonds. The molecule has 0 spiro atoms. The molecule has 1 unspecified atom stereocenters. The molecule has 108 valence electrons. The summed E-state index contributed by atoms with van der Waals surface area (Å²) >= 11 is 0. The van der Waals surface area contributed by atoms with Gasteiger partial charge in [0.1, 0.15) is 6.04 Å². The van der Waals surface area contributed by atoms with Crippen LogP contribution in [0.2, 0.25) is 0 Å². The smallest absolute Gasteiger partial charge is 0.320 e. The van der Waals surface area contributed by atoms with Crippen molar-refractivity contribution in [3.8, 4) is 0 Å². The second-order valence-electron chi connectivity index (χ2n) is 5.07. The minimum atomic E-state index is -0.742. The van der Waals surface area contributed by atoms with E-state index in [1.165, 1.54) is 19.3 Å². The van der Waals surface area contributed by atoms with Crippen LogP contribution in [0.1, 0.15) is 53.4 Å². The van der Waals surface area contributed by atoms with Crippen molar-refractivity contribution in [3.05, 3.63) is 0 Å². The van der Waals surface area contributed by atoms with Gasteiger partial charge in [0.15, 0.2) is 0 Å². The first-order valence-electron chi connectivity index (χ1n) is 7.23. The number of nitrogens with one attached hydrogen (secondary N) is 1. The van der Waals surface area contributed by atoms with Gasteiger partial charge >= 0.3 is 5.97 Å². The van der Waals surface area contributed by atoms with Crippen LogP contribution in [0.25, 0.3) is 0 Å². The van der Waals surface area contributed by atoms with Gasteiger partial charge in [-0.1, -0.05) is 26.7 Å². The Balaban J connectivity index is 4.10. The Hall–Kier alpha value is -0.610. The Morgan fingerprint density at radius 2 is 1.89 bits per heavy atom. The van der Waals surface area contributed by atoms with Crippen molar-refractivity contribution in [2.45, 2.75) is 65.5 Å². The number of carboxylic acid groups (broad SMARTS) is 1. The summed E-state index contributed by atoms with van der Waals surface area (Å²) in [5.41, 5.74) is 0. The molecule has 0 aromatic carbocycles. The van der Waals surface area contributed by atoms with Gasteiger partial charge in [0.05, 0.1) is 0 Å². The molecule has 0 saturated carbocycles. The Bertz CT molecular complexity index is 220. The number of likely N-dealkylation sites (N-methyl/N-ethyl adjacent to an activating group) is 1. The van der Waals surface area contributed by atoms with Crippen molar-refractivity contribution >= 4 is 5.97 Å². The highest BCUT2D eigenvalue weighted by molar-refractivity contribution is 5.73. The maximum absolute atomic E-state index is 11.1. The summed E-state index contributed by atoms with van der Waals surface area (Å²) in [4.78, 5) is 13.4. The third-order valence-corrected chi connectivity index (χ3v) is 3.23. The number of nitrogens with zero attached hydrogens (tertiary/aromatic N) is 1. The molecule has 4 heteroatoms. The minimum Gasteiger partial charge on any atom is -0.480 e. The van der Waals surface area contributed by atoms with Crippen LogP contribution in [0.5, 0.6) is 0 Å². The molecule has 0 aromatic heterocycles. The van der Waals surface area contributed by atoms with E-state index in [9.17, 15) is 4.79 Å². The summed E-state index contributed by atoms with van der Waals surface area (Å²) in [6.45, 7) is 11.1. The van der Waals surface area contributed by atoms with E-state index in [1.807, 2.05) is 6.92 Å². The molecule has 1 atom stereocenters. The number of carbonyl (C=O) groups is 1. The molecule has 0 aliphatic carbocycles. The lowest BCUT2D eigenvalue weighted by Gasteiger charge is -2.27. The molecular weight excluding hydrogens is 228 g/mol. The first-order chi connectivity index (χ1) is 8.52. The fourth-order valence-corrected chi connectivity index (χ4v) is 2.05. The SMILES string of the molecule is CCCCCN(CCC(NCC)C(=O)O)C(C)C. The molecule has 0 bridgehead atoms. The van der Waals surface area contributed by atoms with E-state index in [0.717, 1.165) is 13.1 Å². The van der Waals surface area contributed by atoms with Crippen molar-refractivity contribution in [2.75, 3.05) is 19.6 Å². The molecule has 0 radical (unpaired) electrons. The van der Waals surface area contributed by atoms with Gasteiger partial charge in [-0.3, -0.25) is 4.79 Å². The van der Waals surface area contributed by atoms with Crippen LogP contribution >= 0.6 is 0 Å². The summed E-state index contributed by atoms with van der Waals surface area (Å²) < 4.78 is 0. The predicted octanol–water partition coefficient (Wildman–Crippen LogP) is 2.34. The summed E-state index contributed by atoms with van der Waals surface area (Å²) in [6.07, 6.45) is 4.35. The highest BCUT2D eigenvalue weighted by Crippen LogP contribution is 2.06. The molecule has 0 heterocycles. The molecule has 0 aromatic rings. The largest absolute Gasteiger partial charge is 0.480 e. The summed E-state index contributed by atoms with van der Waals surface area (Å²) in [5, 5.41) is 12.1. The van der Waals surface area contributed by atoms with Crippen LogP contribution in [-0.2, 0) is 4.79 Å². The normalized spacial score (nSPS) is 13.2. The molecular formula is C14H30N2O2. The fraction of sp³-hybridized carbons (Fsp3) is 0.929. The van der Waals surface area contributed by atoms with Gasteiger partial charge < -0.3 is 15.3 Å². The summed E-state index contributed by atoms with van der Waals surface area (Å²) in [5.74, 6) is -0.742. The second-order valence-corrected chi connectivity index (χ2v) is 5.07. The standard InChI is InChI=1S/C14H30N2O2/c1-5-7-8-10-16(12(3)4)11-9-13(14(17)18)15-6-2/h12-13,15H,5-11H2,1-4H3,(H,17,18). The molecule has 2 N–H and O–H groups in total. The maximum atomic E-state index is 11.1. The van der Waals surface area contributed by atoms with E-state index in [4.69, 9.17) is 5.11 Å². The van der Waals surface area contributed by atoms with E-state index < -0.39 is 12.0 Å². The molecule has 4 nitrogen and oxygen atoms in total. The van der Waals surface area contributed by atoms with Crippen LogP contribution in [0.3, 0.4) is 0 Å². The second kappa shape index (κ2) is 10.3. The lowest BCUT2D eigenvalue weighted by molar-refractivity contribution is -0.139. The molecule has 0 fully saturated rings. The zero-order chi connectivity index (χ0) is 14.0. The monoisotopic (exact) mass is 258 g/mol. The Kier molecular flexibility index (Phi) is 9.98. The zero-order valence-corrected chi connectivity index (χ0v) is 12.4. The number of carboxylic acids is 1. The van der Waals surface area contributed by atoms with Crippen molar-refractivity contribution in [2.24, 2.45) is 0 Å². The van der Waals surface area contributed by atoms with Crippen molar-refractivity contribution in [1.29, 1.82) is 0 Å². The number of unbranched alkanes of at least 4 members (excludes halogenated alkanes) is 2. The number of rotatable bonds is 11. The average Bonchev–Trinajstić information content (AvgIpc) is 2.31.